The summed E-state index contributed by atoms with van der Waals surface area (Å²) in [5.74, 6) is -0.311. The number of nitrogens with zero attached hydrogens (tertiary/aromatic N) is 2. The maximum absolute atomic E-state index is 13.2. The summed E-state index contributed by atoms with van der Waals surface area (Å²) < 4.78 is 14.6. The second-order valence-corrected chi connectivity index (χ2v) is 4.74. The van der Waals surface area contributed by atoms with Gasteiger partial charge in [-0.3, -0.25) is 9.36 Å². The van der Waals surface area contributed by atoms with Crippen LogP contribution in [0.1, 0.15) is 5.56 Å². The van der Waals surface area contributed by atoms with Crippen LogP contribution in [-0.4, -0.2) is 9.55 Å². The Hall–Kier alpha value is -2.75. The van der Waals surface area contributed by atoms with Crippen molar-refractivity contribution in [2.24, 2.45) is 0 Å². The molecule has 104 valence electrons. The molecule has 0 unspecified atom stereocenters. The minimum absolute atomic E-state index is 0.159. The van der Waals surface area contributed by atoms with Crippen molar-refractivity contribution >= 4 is 0 Å². The van der Waals surface area contributed by atoms with E-state index in [4.69, 9.17) is 0 Å². The molecule has 0 fully saturated rings. The lowest BCUT2D eigenvalue weighted by Gasteiger charge is -2.07. The minimum atomic E-state index is -0.311. The summed E-state index contributed by atoms with van der Waals surface area (Å²) in [5.41, 5.74) is 2.10. The molecule has 0 saturated heterocycles. The molecule has 0 aliphatic heterocycles. The molecule has 0 N–H and O–H groups in total. The van der Waals surface area contributed by atoms with Gasteiger partial charge in [0.05, 0.1) is 18.6 Å². The number of halogens is 1. The molecule has 0 atom stereocenters. The Labute approximate surface area is 121 Å². The van der Waals surface area contributed by atoms with Crippen molar-refractivity contribution in [3.05, 3.63) is 88.7 Å². The molecule has 0 radical (unpaired) electrons. The fourth-order valence-corrected chi connectivity index (χ4v) is 2.14. The average molecular weight is 280 g/mol. The third-order valence-electron chi connectivity index (χ3n) is 3.19. The highest BCUT2D eigenvalue weighted by Crippen LogP contribution is 2.13. The van der Waals surface area contributed by atoms with Gasteiger partial charge in [0.15, 0.2) is 0 Å². The van der Waals surface area contributed by atoms with Gasteiger partial charge in [0.25, 0.3) is 5.56 Å². The van der Waals surface area contributed by atoms with Crippen LogP contribution in [0.4, 0.5) is 4.39 Å². The summed E-state index contributed by atoms with van der Waals surface area (Å²) in [6.07, 6.45) is 1.50. The van der Waals surface area contributed by atoms with Crippen LogP contribution < -0.4 is 5.56 Å². The summed E-state index contributed by atoms with van der Waals surface area (Å²) >= 11 is 0. The highest BCUT2D eigenvalue weighted by molar-refractivity contribution is 5.57. The number of rotatable bonds is 3. The van der Waals surface area contributed by atoms with E-state index in [9.17, 15) is 9.18 Å². The second-order valence-electron chi connectivity index (χ2n) is 4.74. The van der Waals surface area contributed by atoms with Gasteiger partial charge in [-0.25, -0.2) is 9.37 Å². The predicted molar refractivity (Wildman–Crippen MR) is 79.4 cm³/mol. The van der Waals surface area contributed by atoms with Crippen molar-refractivity contribution in [1.29, 1.82) is 0 Å². The average Bonchev–Trinajstić information content (AvgIpc) is 2.50. The van der Waals surface area contributed by atoms with Crippen LogP contribution >= 0.6 is 0 Å². The fourth-order valence-electron chi connectivity index (χ4n) is 2.14. The Morgan fingerprint density at radius 2 is 1.81 bits per heavy atom. The van der Waals surface area contributed by atoms with Gasteiger partial charge in [-0.15, -0.1) is 0 Å². The first-order valence-corrected chi connectivity index (χ1v) is 6.59. The van der Waals surface area contributed by atoms with E-state index in [1.54, 1.807) is 12.1 Å². The zero-order valence-electron chi connectivity index (χ0n) is 11.2. The van der Waals surface area contributed by atoms with Gasteiger partial charge in [-0.1, -0.05) is 42.5 Å². The van der Waals surface area contributed by atoms with Crippen LogP contribution in [0.3, 0.4) is 0 Å². The van der Waals surface area contributed by atoms with E-state index in [-0.39, 0.29) is 11.4 Å². The molecular formula is C17H13FN2O. The molecule has 3 aromatic rings. The van der Waals surface area contributed by atoms with E-state index in [1.807, 2.05) is 30.3 Å². The Kier molecular flexibility index (Phi) is 3.60. The van der Waals surface area contributed by atoms with Crippen molar-refractivity contribution in [3.8, 4) is 11.3 Å². The molecule has 0 aliphatic rings. The van der Waals surface area contributed by atoms with E-state index in [0.29, 0.717) is 12.2 Å². The number of benzene rings is 2. The van der Waals surface area contributed by atoms with Gasteiger partial charge in [0.2, 0.25) is 0 Å². The monoisotopic (exact) mass is 280 g/mol. The zero-order valence-corrected chi connectivity index (χ0v) is 11.2. The molecule has 2 aromatic carbocycles. The number of hydrogen-bond acceptors (Lipinski definition) is 2. The van der Waals surface area contributed by atoms with E-state index in [0.717, 1.165) is 11.1 Å². The molecule has 0 spiro atoms. The van der Waals surface area contributed by atoms with Gasteiger partial charge in [-0.05, 0) is 17.7 Å². The minimum Gasteiger partial charge on any atom is -0.295 e. The van der Waals surface area contributed by atoms with Gasteiger partial charge < -0.3 is 0 Å². The van der Waals surface area contributed by atoms with Crippen LogP contribution in [0.15, 0.2) is 71.8 Å². The molecule has 0 amide bonds. The topological polar surface area (TPSA) is 34.9 Å². The summed E-state index contributed by atoms with van der Waals surface area (Å²) in [6, 6.07) is 17.2. The van der Waals surface area contributed by atoms with E-state index in [2.05, 4.69) is 4.98 Å². The van der Waals surface area contributed by atoms with Gasteiger partial charge in [0.1, 0.15) is 5.82 Å². The lowest BCUT2D eigenvalue weighted by molar-refractivity contribution is 0.622. The van der Waals surface area contributed by atoms with E-state index >= 15 is 0 Å². The molecule has 3 nitrogen and oxygen atoms in total. The van der Waals surface area contributed by atoms with Gasteiger partial charge in [0, 0.05) is 11.6 Å². The number of hydrogen-bond donors (Lipinski definition) is 0. The smallest absolute Gasteiger partial charge is 0.254 e. The van der Waals surface area contributed by atoms with Crippen LogP contribution in [0.5, 0.6) is 0 Å². The maximum Gasteiger partial charge on any atom is 0.254 e. The first kappa shape index (κ1) is 13.2. The summed E-state index contributed by atoms with van der Waals surface area (Å²) in [5, 5.41) is 0. The molecular weight excluding hydrogens is 267 g/mol. The molecule has 1 aromatic heterocycles. The van der Waals surface area contributed by atoms with E-state index in [1.165, 1.54) is 29.1 Å². The summed E-state index contributed by atoms with van der Waals surface area (Å²) in [4.78, 5) is 16.4. The van der Waals surface area contributed by atoms with Crippen molar-refractivity contribution < 1.29 is 4.39 Å². The fraction of sp³-hybridized carbons (Fsp3) is 0.0588. The largest absolute Gasteiger partial charge is 0.295 e. The Morgan fingerprint density at radius 1 is 1.00 bits per heavy atom. The molecule has 0 saturated carbocycles. The predicted octanol–water partition coefficient (Wildman–Crippen LogP) is 3.10. The van der Waals surface area contributed by atoms with Crippen LogP contribution in [-0.2, 0) is 6.54 Å². The van der Waals surface area contributed by atoms with Crippen molar-refractivity contribution in [2.75, 3.05) is 0 Å². The Morgan fingerprint density at radius 3 is 2.52 bits per heavy atom. The first-order chi connectivity index (χ1) is 10.2. The number of aromatic nitrogens is 2. The van der Waals surface area contributed by atoms with Crippen LogP contribution in [0.25, 0.3) is 11.3 Å². The molecule has 0 aliphatic carbocycles. The molecule has 4 heteroatoms. The van der Waals surface area contributed by atoms with Crippen LogP contribution in [0, 0.1) is 5.82 Å². The quantitative estimate of drug-likeness (QED) is 0.739. The molecule has 3 rings (SSSR count). The Bertz CT molecular complexity index is 812. The third kappa shape index (κ3) is 3.05. The van der Waals surface area contributed by atoms with Crippen molar-refractivity contribution in [3.63, 3.8) is 0 Å². The highest BCUT2D eigenvalue weighted by atomic mass is 19.1. The Balaban J connectivity index is 1.90. The third-order valence-corrected chi connectivity index (χ3v) is 3.19. The normalized spacial score (nSPS) is 10.5. The summed E-state index contributed by atoms with van der Waals surface area (Å²) in [7, 11) is 0. The SMILES string of the molecule is O=c1cc(-c2ccccc2)ncn1Cc1cccc(F)c1. The van der Waals surface area contributed by atoms with Gasteiger partial charge >= 0.3 is 0 Å². The van der Waals surface area contributed by atoms with Crippen LogP contribution in [0.2, 0.25) is 0 Å². The lowest BCUT2D eigenvalue weighted by atomic mass is 10.1. The summed E-state index contributed by atoms with van der Waals surface area (Å²) in [6.45, 7) is 0.304. The molecule has 21 heavy (non-hydrogen) atoms. The zero-order chi connectivity index (χ0) is 14.7. The lowest BCUT2D eigenvalue weighted by Crippen LogP contribution is -2.20. The standard InChI is InChI=1S/C17H13FN2O/c18-15-8-4-5-13(9-15)11-20-12-19-16(10-17(20)21)14-6-2-1-3-7-14/h1-10,12H,11H2. The van der Waals surface area contributed by atoms with Gasteiger partial charge in [-0.2, -0.15) is 0 Å². The maximum atomic E-state index is 13.2. The van der Waals surface area contributed by atoms with E-state index < -0.39 is 0 Å². The molecule has 1 heterocycles. The first-order valence-electron chi connectivity index (χ1n) is 6.59. The van der Waals surface area contributed by atoms with Crippen molar-refractivity contribution in [1.82, 2.24) is 9.55 Å². The van der Waals surface area contributed by atoms with Crippen molar-refractivity contribution in [2.45, 2.75) is 6.54 Å². The second kappa shape index (κ2) is 5.71. The molecule has 0 bridgehead atoms. The highest BCUT2D eigenvalue weighted by Gasteiger charge is 2.04.